The van der Waals surface area contributed by atoms with Crippen molar-refractivity contribution >= 4 is 11.0 Å². The molecule has 0 unspecified atom stereocenters. The normalized spacial score (nSPS) is 17.7. The zero-order valence-electron chi connectivity index (χ0n) is 9.93. The van der Waals surface area contributed by atoms with E-state index in [4.69, 9.17) is 13.9 Å². The average Bonchev–Trinajstić information content (AvgIpc) is 2.35. The van der Waals surface area contributed by atoms with Gasteiger partial charge < -0.3 is 13.9 Å². The van der Waals surface area contributed by atoms with Crippen LogP contribution in [0.5, 0.6) is 11.5 Å². The van der Waals surface area contributed by atoms with Crippen molar-refractivity contribution in [2.24, 2.45) is 0 Å². The highest BCUT2D eigenvalue weighted by Gasteiger charge is 2.22. The van der Waals surface area contributed by atoms with Gasteiger partial charge in [0.05, 0.1) is 0 Å². The number of rotatable bonds is 1. The Balaban J connectivity index is 2.11. The maximum atomic E-state index is 11.2. The zero-order chi connectivity index (χ0) is 12.7. The smallest absolute Gasteiger partial charge is 0.336 e. The van der Waals surface area contributed by atoms with Gasteiger partial charge in [-0.05, 0) is 24.6 Å². The Morgan fingerprint density at radius 1 is 1.33 bits per heavy atom. The molecule has 0 radical (unpaired) electrons. The first-order chi connectivity index (χ1) is 8.63. The van der Waals surface area contributed by atoms with Crippen LogP contribution < -0.4 is 15.1 Å². The summed E-state index contributed by atoms with van der Waals surface area (Å²) in [6.07, 6.45) is -0.162. The molecule has 4 nitrogen and oxygen atoms in total. The van der Waals surface area contributed by atoms with Crippen LogP contribution in [0.3, 0.4) is 0 Å². The molecule has 2 aromatic rings. The van der Waals surface area contributed by atoms with E-state index in [2.05, 4.69) is 6.58 Å². The van der Waals surface area contributed by atoms with Gasteiger partial charge in [-0.3, -0.25) is 0 Å². The summed E-state index contributed by atoms with van der Waals surface area (Å²) < 4.78 is 16.5. The van der Waals surface area contributed by atoms with Crippen LogP contribution in [0.15, 0.2) is 45.6 Å². The van der Waals surface area contributed by atoms with Crippen molar-refractivity contribution in [2.45, 2.75) is 13.0 Å². The van der Waals surface area contributed by atoms with Gasteiger partial charge in [0.15, 0.2) is 17.6 Å². The third kappa shape index (κ3) is 1.76. The molecule has 1 atom stereocenters. The van der Waals surface area contributed by atoms with Crippen molar-refractivity contribution in [1.82, 2.24) is 0 Å². The fraction of sp³-hybridized carbons (Fsp3) is 0.214. The van der Waals surface area contributed by atoms with Crippen molar-refractivity contribution in [1.29, 1.82) is 0 Å². The Hall–Kier alpha value is -2.23. The second-order valence-corrected chi connectivity index (χ2v) is 4.36. The van der Waals surface area contributed by atoms with Gasteiger partial charge in [-0.2, -0.15) is 0 Å². The average molecular weight is 244 g/mol. The largest absolute Gasteiger partial charge is 0.485 e. The summed E-state index contributed by atoms with van der Waals surface area (Å²) in [5.41, 5.74) is 1.01. The van der Waals surface area contributed by atoms with Crippen molar-refractivity contribution in [3.8, 4) is 11.5 Å². The van der Waals surface area contributed by atoms with Crippen molar-refractivity contribution in [3.05, 3.63) is 46.8 Å². The highest BCUT2D eigenvalue weighted by Crippen LogP contribution is 2.36. The molecule has 3 rings (SSSR count). The highest BCUT2D eigenvalue weighted by atomic mass is 16.6. The molecular weight excluding hydrogens is 232 g/mol. The van der Waals surface area contributed by atoms with E-state index in [-0.39, 0.29) is 11.7 Å². The van der Waals surface area contributed by atoms with Crippen LogP contribution >= 0.6 is 0 Å². The molecule has 0 saturated heterocycles. The monoisotopic (exact) mass is 244 g/mol. The maximum Gasteiger partial charge on any atom is 0.336 e. The lowest BCUT2D eigenvalue weighted by atomic mass is 10.1. The predicted molar refractivity (Wildman–Crippen MR) is 67.2 cm³/mol. The second kappa shape index (κ2) is 3.91. The molecule has 0 amide bonds. The van der Waals surface area contributed by atoms with Gasteiger partial charge in [0.1, 0.15) is 12.2 Å². The first kappa shape index (κ1) is 10.9. The molecule has 0 saturated carbocycles. The third-order valence-corrected chi connectivity index (χ3v) is 2.89. The molecule has 1 aliphatic rings. The summed E-state index contributed by atoms with van der Waals surface area (Å²) in [7, 11) is 0. The van der Waals surface area contributed by atoms with Crippen LogP contribution in [-0.4, -0.2) is 12.7 Å². The lowest BCUT2D eigenvalue weighted by molar-refractivity contribution is 0.116. The SMILES string of the molecule is C=C(C)[C@H]1COc2cc3ccc(=O)oc3cc2O1. The van der Waals surface area contributed by atoms with E-state index in [1.807, 2.05) is 13.0 Å². The fourth-order valence-corrected chi connectivity index (χ4v) is 1.88. The molecule has 1 aromatic carbocycles. The lowest BCUT2D eigenvalue weighted by Crippen LogP contribution is -2.29. The molecule has 0 spiro atoms. The maximum absolute atomic E-state index is 11.2. The van der Waals surface area contributed by atoms with Gasteiger partial charge in [0.25, 0.3) is 0 Å². The number of fused-ring (bicyclic) bond motifs is 2. The van der Waals surface area contributed by atoms with Crippen molar-refractivity contribution in [3.63, 3.8) is 0 Å². The molecule has 1 aliphatic heterocycles. The minimum Gasteiger partial charge on any atom is -0.485 e. The van der Waals surface area contributed by atoms with E-state index in [0.717, 1.165) is 11.0 Å². The van der Waals surface area contributed by atoms with Gasteiger partial charge in [-0.15, -0.1) is 0 Å². The molecule has 0 bridgehead atoms. The predicted octanol–water partition coefficient (Wildman–Crippen LogP) is 2.51. The van der Waals surface area contributed by atoms with Gasteiger partial charge in [-0.1, -0.05) is 6.58 Å². The molecular formula is C14H12O4. The standard InChI is InChI=1S/C14H12O4/c1-8(2)13-7-16-11-5-9-3-4-14(15)18-10(9)6-12(11)17-13/h3-6,13H,1,7H2,2H3/t13-/m1/s1. The van der Waals surface area contributed by atoms with E-state index in [9.17, 15) is 4.79 Å². The Morgan fingerprint density at radius 2 is 2.17 bits per heavy atom. The Labute approximate surface area is 103 Å². The Morgan fingerprint density at radius 3 is 2.94 bits per heavy atom. The van der Waals surface area contributed by atoms with Crippen LogP contribution in [0, 0.1) is 0 Å². The lowest BCUT2D eigenvalue weighted by Gasteiger charge is -2.26. The summed E-state index contributed by atoms with van der Waals surface area (Å²) in [6.45, 7) is 6.19. The molecule has 0 fully saturated rings. The summed E-state index contributed by atoms with van der Waals surface area (Å²) in [5, 5.41) is 0.811. The van der Waals surface area contributed by atoms with Crippen LogP contribution in [0.4, 0.5) is 0 Å². The van der Waals surface area contributed by atoms with Crippen LogP contribution in [0.1, 0.15) is 6.92 Å². The summed E-state index contributed by atoms with van der Waals surface area (Å²) in [4.78, 5) is 11.2. The highest BCUT2D eigenvalue weighted by molar-refractivity contribution is 5.80. The topological polar surface area (TPSA) is 48.7 Å². The number of hydrogen-bond acceptors (Lipinski definition) is 4. The number of ether oxygens (including phenoxy) is 2. The summed E-state index contributed by atoms with van der Waals surface area (Å²) >= 11 is 0. The van der Waals surface area contributed by atoms with E-state index < -0.39 is 0 Å². The molecule has 0 aliphatic carbocycles. The summed E-state index contributed by atoms with van der Waals surface area (Å²) in [5.74, 6) is 1.24. The number of benzene rings is 1. The molecule has 18 heavy (non-hydrogen) atoms. The first-order valence-corrected chi connectivity index (χ1v) is 5.66. The van der Waals surface area contributed by atoms with E-state index in [1.165, 1.54) is 6.07 Å². The van der Waals surface area contributed by atoms with Crippen LogP contribution in [-0.2, 0) is 0 Å². The van der Waals surface area contributed by atoms with E-state index in [0.29, 0.717) is 23.7 Å². The van der Waals surface area contributed by atoms with Crippen LogP contribution in [0.25, 0.3) is 11.0 Å². The molecule has 0 N–H and O–H groups in total. The summed E-state index contributed by atoms with van der Waals surface area (Å²) in [6, 6.07) is 6.58. The third-order valence-electron chi connectivity index (χ3n) is 2.89. The van der Waals surface area contributed by atoms with Gasteiger partial charge in [0.2, 0.25) is 0 Å². The molecule has 1 aromatic heterocycles. The zero-order valence-corrected chi connectivity index (χ0v) is 9.93. The molecule has 2 heterocycles. The van der Waals surface area contributed by atoms with Crippen LogP contribution in [0.2, 0.25) is 0 Å². The first-order valence-electron chi connectivity index (χ1n) is 5.66. The Kier molecular flexibility index (Phi) is 2.37. The quantitative estimate of drug-likeness (QED) is 0.571. The van der Waals surface area contributed by atoms with Gasteiger partial charge >= 0.3 is 5.63 Å². The van der Waals surface area contributed by atoms with Crippen molar-refractivity contribution < 1.29 is 13.9 Å². The molecule has 92 valence electrons. The second-order valence-electron chi connectivity index (χ2n) is 4.36. The molecule has 4 heteroatoms. The minimum atomic E-state index is -0.379. The van der Waals surface area contributed by atoms with Gasteiger partial charge in [0, 0.05) is 17.5 Å². The van der Waals surface area contributed by atoms with E-state index in [1.54, 1.807) is 12.1 Å². The van der Waals surface area contributed by atoms with E-state index >= 15 is 0 Å². The minimum absolute atomic E-state index is 0.162. The fourth-order valence-electron chi connectivity index (χ4n) is 1.88. The number of hydrogen-bond donors (Lipinski definition) is 0. The van der Waals surface area contributed by atoms with Gasteiger partial charge in [-0.25, -0.2) is 4.79 Å². The van der Waals surface area contributed by atoms with Crippen molar-refractivity contribution in [2.75, 3.05) is 6.61 Å². The Bertz CT molecular complexity index is 684.